The van der Waals surface area contributed by atoms with Crippen molar-refractivity contribution in [3.05, 3.63) is 52.2 Å². The van der Waals surface area contributed by atoms with Crippen molar-refractivity contribution in [3.8, 4) is 0 Å². The quantitative estimate of drug-likeness (QED) is 0.855. The number of aromatic amines is 1. The molecule has 0 spiro atoms. The van der Waals surface area contributed by atoms with Crippen molar-refractivity contribution >= 4 is 5.91 Å². The van der Waals surface area contributed by atoms with Crippen LogP contribution in [-0.2, 0) is 20.8 Å². The van der Waals surface area contributed by atoms with Crippen LogP contribution in [0.1, 0.15) is 30.1 Å². The molecule has 2 aliphatic heterocycles. The standard InChI is InChI=1S/C19H24N4O4/c24-18(16-13-26-10-11-27-16)22-8-6-15(7-9-22)17-20-21-19(25)23(17)12-14-4-2-1-3-5-14/h1-5,15-16H,6-13H2,(H,21,25)/t16-/m1/s1. The molecule has 27 heavy (non-hydrogen) atoms. The molecule has 1 aromatic heterocycles. The van der Waals surface area contributed by atoms with Gasteiger partial charge in [-0.15, -0.1) is 0 Å². The largest absolute Gasteiger partial charge is 0.376 e. The van der Waals surface area contributed by atoms with Crippen molar-refractivity contribution in [1.82, 2.24) is 19.7 Å². The molecule has 8 nitrogen and oxygen atoms in total. The van der Waals surface area contributed by atoms with Gasteiger partial charge in [0.05, 0.1) is 26.4 Å². The van der Waals surface area contributed by atoms with Crippen molar-refractivity contribution in [2.75, 3.05) is 32.9 Å². The Morgan fingerprint density at radius 3 is 2.67 bits per heavy atom. The summed E-state index contributed by atoms with van der Waals surface area (Å²) in [6.45, 7) is 3.11. The molecule has 8 heteroatoms. The van der Waals surface area contributed by atoms with Gasteiger partial charge in [-0.2, -0.15) is 5.10 Å². The van der Waals surface area contributed by atoms with Gasteiger partial charge in [-0.3, -0.25) is 9.36 Å². The van der Waals surface area contributed by atoms with Gasteiger partial charge in [-0.25, -0.2) is 9.89 Å². The second-order valence-electron chi connectivity index (χ2n) is 6.99. The molecule has 1 amide bonds. The number of nitrogens with zero attached hydrogens (tertiary/aromatic N) is 3. The number of carbonyl (C=O) groups excluding carboxylic acids is 1. The second-order valence-corrected chi connectivity index (χ2v) is 6.99. The lowest BCUT2D eigenvalue weighted by atomic mass is 9.95. The lowest BCUT2D eigenvalue weighted by molar-refractivity contribution is -0.159. The number of benzene rings is 1. The van der Waals surface area contributed by atoms with Gasteiger partial charge in [0.25, 0.3) is 5.91 Å². The van der Waals surface area contributed by atoms with Gasteiger partial charge in [-0.05, 0) is 18.4 Å². The minimum Gasteiger partial charge on any atom is -0.376 e. The highest BCUT2D eigenvalue weighted by molar-refractivity contribution is 5.81. The Bertz CT molecular complexity index is 818. The minimum atomic E-state index is -0.489. The second kappa shape index (κ2) is 8.06. The number of aromatic nitrogens is 3. The maximum atomic E-state index is 12.6. The van der Waals surface area contributed by atoms with Gasteiger partial charge in [0, 0.05) is 19.0 Å². The zero-order valence-corrected chi connectivity index (χ0v) is 15.2. The number of H-pyrrole nitrogens is 1. The van der Waals surface area contributed by atoms with Crippen molar-refractivity contribution < 1.29 is 14.3 Å². The molecule has 0 saturated carbocycles. The maximum Gasteiger partial charge on any atom is 0.343 e. The van der Waals surface area contributed by atoms with E-state index in [0.717, 1.165) is 24.2 Å². The summed E-state index contributed by atoms with van der Waals surface area (Å²) < 4.78 is 12.6. The first-order chi connectivity index (χ1) is 13.2. The first-order valence-electron chi connectivity index (χ1n) is 9.39. The number of nitrogens with one attached hydrogen (secondary N) is 1. The molecule has 1 N–H and O–H groups in total. The average Bonchev–Trinajstić information content (AvgIpc) is 3.09. The van der Waals surface area contributed by atoms with E-state index in [0.29, 0.717) is 39.5 Å². The van der Waals surface area contributed by atoms with Crippen LogP contribution in [0.25, 0.3) is 0 Å². The molecule has 4 rings (SSSR count). The molecule has 0 bridgehead atoms. The van der Waals surface area contributed by atoms with Gasteiger partial charge >= 0.3 is 5.69 Å². The van der Waals surface area contributed by atoms with Crippen LogP contribution in [0.5, 0.6) is 0 Å². The fourth-order valence-corrected chi connectivity index (χ4v) is 3.75. The van der Waals surface area contributed by atoms with E-state index in [4.69, 9.17) is 9.47 Å². The molecule has 1 aromatic carbocycles. The number of hydrogen-bond donors (Lipinski definition) is 1. The molecule has 2 saturated heterocycles. The van der Waals surface area contributed by atoms with Crippen LogP contribution in [-0.4, -0.2) is 64.6 Å². The summed E-state index contributed by atoms with van der Waals surface area (Å²) in [5, 5.41) is 6.85. The highest BCUT2D eigenvalue weighted by atomic mass is 16.6. The topological polar surface area (TPSA) is 89.5 Å². The molecule has 2 fully saturated rings. The number of amides is 1. The first-order valence-corrected chi connectivity index (χ1v) is 9.39. The number of hydrogen-bond acceptors (Lipinski definition) is 5. The summed E-state index contributed by atoms with van der Waals surface area (Å²) in [6.07, 6.45) is 1.06. The first kappa shape index (κ1) is 17.9. The molecule has 144 valence electrons. The monoisotopic (exact) mass is 372 g/mol. The van der Waals surface area contributed by atoms with Crippen molar-refractivity contribution in [2.45, 2.75) is 31.4 Å². The normalized spacial score (nSPS) is 21.3. The Balaban J connectivity index is 1.41. The molecule has 1 atom stereocenters. The number of carbonyl (C=O) groups is 1. The van der Waals surface area contributed by atoms with Gasteiger partial charge < -0.3 is 14.4 Å². The lowest BCUT2D eigenvalue weighted by Gasteiger charge is -2.34. The maximum absolute atomic E-state index is 12.6. The highest BCUT2D eigenvalue weighted by Gasteiger charge is 2.32. The third-order valence-electron chi connectivity index (χ3n) is 5.23. The molecule has 0 aliphatic carbocycles. The summed E-state index contributed by atoms with van der Waals surface area (Å²) in [5.41, 5.74) is 0.865. The summed E-state index contributed by atoms with van der Waals surface area (Å²) >= 11 is 0. The van der Waals surface area contributed by atoms with Gasteiger partial charge in [0.2, 0.25) is 0 Å². The fraction of sp³-hybridized carbons (Fsp3) is 0.526. The Morgan fingerprint density at radius 1 is 1.19 bits per heavy atom. The summed E-state index contributed by atoms with van der Waals surface area (Å²) in [6, 6.07) is 9.87. The zero-order chi connectivity index (χ0) is 18.6. The molecular formula is C19H24N4O4. The molecule has 0 unspecified atom stereocenters. The van der Waals surface area contributed by atoms with Crippen LogP contribution < -0.4 is 5.69 Å². The minimum absolute atomic E-state index is 0.00291. The summed E-state index contributed by atoms with van der Waals surface area (Å²) in [5.74, 6) is 0.922. The zero-order valence-electron chi connectivity index (χ0n) is 15.2. The van der Waals surface area contributed by atoms with Gasteiger partial charge in [-0.1, -0.05) is 30.3 Å². The smallest absolute Gasteiger partial charge is 0.343 e. The summed E-state index contributed by atoms with van der Waals surface area (Å²) in [7, 11) is 0. The van der Waals surface area contributed by atoms with Gasteiger partial charge in [0.1, 0.15) is 5.82 Å². The SMILES string of the molecule is O=C([C@H]1COCCO1)N1CCC(c2n[nH]c(=O)n2Cc2ccccc2)CC1. The van der Waals surface area contributed by atoms with E-state index in [2.05, 4.69) is 10.2 Å². The Hall–Kier alpha value is -2.45. The number of piperidine rings is 1. The fourth-order valence-electron chi connectivity index (χ4n) is 3.75. The average molecular weight is 372 g/mol. The van der Waals surface area contributed by atoms with Crippen LogP contribution in [0.2, 0.25) is 0 Å². The van der Waals surface area contributed by atoms with E-state index in [1.165, 1.54) is 0 Å². The van der Waals surface area contributed by atoms with E-state index in [1.54, 1.807) is 4.57 Å². The van der Waals surface area contributed by atoms with E-state index in [-0.39, 0.29) is 17.5 Å². The predicted molar refractivity (Wildman–Crippen MR) is 97.5 cm³/mol. The van der Waals surface area contributed by atoms with Gasteiger partial charge in [0.15, 0.2) is 6.10 Å². The van der Waals surface area contributed by atoms with Crippen molar-refractivity contribution in [1.29, 1.82) is 0 Å². The third kappa shape index (κ3) is 3.96. The van der Waals surface area contributed by atoms with Crippen LogP contribution in [0.4, 0.5) is 0 Å². The summed E-state index contributed by atoms with van der Waals surface area (Å²) in [4.78, 5) is 26.6. The Kier molecular flexibility index (Phi) is 5.35. The number of likely N-dealkylation sites (tertiary alicyclic amines) is 1. The molecule has 2 aliphatic rings. The van der Waals surface area contributed by atoms with E-state index >= 15 is 0 Å². The number of rotatable bonds is 4. The molecular weight excluding hydrogens is 348 g/mol. The van der Waals surface area contributed by atoms with Crippen LogP contribution in [0, 0.1) is 0 Å². The molecule has 2 aromatic rings. The van der Waals surface area contributed by atoms with E-state index in [9.17, 15) is 9.59 Å². The van der Waals surface area contributed by atoms with Crippen LogP contribution in [0.3, 0.4) is 0 Å². The van der Waals surface area contributed by atoms with E-state index in [1.807, 2.05) is 35.2 Å². The van der Waals surface area contributed by atoms with Crippen molar-refractivity contribution in [2.24, 2.45) is 0 Å². The molecule has 0 radical (unpaired) electrons. The van der Waals surface area contributed by atoms with Crippen LogP contribution >= 0.6 is 0 Å². The third-order valence-corrected chi connectivity index (χ3v) is 5.23. The van der Waals surface area contributed by atoms with Crippen molar-refractivity contribution in [3.63, 3.8) is 0 Å². The number of ether oxygens (including phenoxy) is 2. The highest BCUT2D eigenvalue weighted by Crippen LogP contribution is 2.27. The predicted octanol–water partition coefficient (Wildman–Crippen LogP) is 0.741. The Morgan fingerprint density at radius 2 is 1.96 bits per heavy atom. The van der Waals surface area contributed by atoms with E-state index < -0.39 is 6.10 Å². The van der Waals surface area contributed by atoms with Crippen LogP contribution in [0.15, 0.2) is 35.1 Å². The molecule has 3 heterocycles. The Labute approximate surface area is 157 Å². The lowest BCUT2D eigenvalue weighted by Crippen LogP contribution is -2.48.